The van der Waals surface area contributed by atoms with E-state index in [4.69, 9.17) is 0 Å². The van der Waals surface area contributed by atoms with Gasteiger partial charge in [0.05, 0.1) is 5.52 Å². The first-order valence-corrected chi connectivity index (χ1v) is 5.25. The van der Waals surface area contributed by atoms with Gasteiger partial charge in [0, 0.05) is 12.4 Å². The van der Waals surface area contributed by atoms with Crippen LogP contribution in [-0.2, 0) is 17.3 Å². The van der Waals surface area contributed by atoms with Crippen LogP contribution >= 0.6 is 0 Å². The van der Waals surface area contributed by atoms with Gasteiger partial charge in [-0.1, -0.05) is 16.0 Å². The third kappa shape index (κ3) is 1.27. The fourth-order valence-corrected chi connectivity index (χ4v) is 2.20. The van der Waals surface area contributed by atoms with Gasteiger partial charge < -0.3 is 0 Å². The molecule has 74 valence electrons. The van der Waals surface area contributed by atoms with Gasteiger partial charge >= 0.3 is 10.2 Å². The lowest BCUT2D eigenvalue weighted by Crippen LogP contribution is -2.02. The van der Waals surface area contributed by atoms with Crippen molar-refractivity contribution < 1.29 is 12.3 Å². The van der Waals surface area contributed by atoms with Crippen LogP contribution in [0.25, 0.3) is 10.9 Å². The number of aromatic nitrogens is 2. The highest BCUT2D eigenvalue weighted by Gasteiger charge is 2.21. The zero-order valence-corrected chi connectivity index (χ0v) is 8.12. The quantitative estimate of drug-likeness (QED) is 0.671. The van der Waals surface area contributed by atoms with Crippen LogP contribution in [0.3, 0.4) is 0 Å². The molecule has 0 aliphatic heterocycles. The largest absolute Gasteiger partial charge is 0.350 e. The minimum Gasteiger partial charge on any atom is -0.254 e. The number of hydrogen-bond acceptors (Lipinski definition) is 3. The second-order valence-electron chi connectivity index (χ2n) is 2.88. The summed E-state index contributed by atoms with van der Waals surface area (Å²) in [5.74, 6) is 0. The van der Waals surface area contributed by atoms with E-state index in [1.807, 2.05) is 0 Å². The van der Waals surface area contributed by atoms with E-state index in [0.29, 0.717) is 10.9 Å². The fraction of sp³-hybridized carbons (Fsp3) is 0.125. The van der Waals surface area contributed by atoms with Gasteiger partial charge in [-0.25, -0.2) is 0 Å². The first kappa shape index (κ1) is 9.14. The van der Waals surface area contributed by atoms with Crippen molar-refractivity contribution in [2.24, 2.45) is 7.05 Å². The van der Waals surface area contributed by atoms with Crippen LogP contribution in [0, 0.1) is 0 Å². The van der Waals surface area contributed by atoms with Gasteiger partial charge in [0.2, 0.25) is 0 Å². The van der Waals surface area contributed by atoms with Gasteiger partial charge in [0.1, 0.15) is 0 Å². The Morgan fingerprint density at radius 2 is 2.00 bits per heavy atom. The number of hydrogen-bond donors (Lipinski definition) is 0. The molecule has 0 bridgehead atoms. The van der Waals surface area contributed by atoms with Crippen molar-refractivity contribution in [2.45, 2.75) is 5.03 Å². The normalized spacial score (nSPS) is 12.1. The average molecular weight is 214 g/mol. The van der Waals surface area contributed by atoms with Crippen molar-refractivity contribution in [3.8, 4) is 0 Å². The van der Waals surface area contributed by atoms with E-state index in [1.54, 1.807) is 18.2 Å². The highest BCUT2D eigenvalue weighted by atomic mass is 32.3. The molecule has 2 aromatic rings. The van der Waals surface area contributed by atoms with Crippen molar-refractivity contribution in [3.05, 3.63) is 24.3 Å². The summed E-state index contributed by atoms with van der Waals surface area (Å²) in [6.07, 6.45) is 0. The van der Waals surface area contributed by atoms with E-state index in [-0.39, 0.29) is 0 Å². The Kier molecular flexibility index (Phi) is 1.81. The van der Waals surface area contributed by atoms with E-state index < -0.39 is 15.2 Å². The molecule has 4 nitrogen and oxygen atoms in total. The first-order valence-electron chi connectivity index (χ1n) is 3.86. The summed E-state index contributed by atoms with van der Waals surface area (Å²) in [4.78, 5) is 0. The number of halogens is 1. The molecule has 1 heterocycles. The molecule has 1 aromatic heterocycles. The van der Waals surface area contributed by atoms with Crippen molar-refractivity contribution in [1.82, 2.24) is 9.78 Å². The Morgan fingerprint density at radius 1 is 1.36 bits per heavy atom. The number of benzene rings is 1. The summed E-state index contributed by atoms with van der Waals surface area (Å²) in [7, 11) is -3.32. The van der Waals surface area contributed by atoms with E-state index in [9.17, 15) is 12.3 Å². The van der Waals surface area contributed by atoms with Crippen LogP contribution < -0.4 is 0 Å². The summed E-state index contributed by atoms with van der Waals surface area (Å²) in [6.45, 7) is 0. The molecule has 0 aliphatic rings. The van der Waals surface area contributed by atoms with Crippen LogP contribution in [-0.4, -0.2) is 18.2 Å². The summed E-state index contributed by atoms with van der Waals surface area (Å²) < 4.78 is 35.5. The second kappa shape index (κ2) is 2.78. The van der Waals surface area contributed by atoms with E-state index in [2.05, 4.69) is 5.10 Å². The third-order valence-electron chi connectivity index (χ3n) is 1.92. The highest BCUT2D eigenvalue weighted by molar-refractivity contribution is 7.86. The number of fused-ring (bicyclic) bond motifs is 1. The maximum Gasteiger partial charge on any atom is 0.350 e. The summed E-state index contributed by atoms with van der Waals surface area (Å²) in [5, 5.41) is 3.79. The van der Waals surface area contributed by atoms with Crippen molar-refractivity contribution in [1.29, 1.82) is 0 Å². The Morgan fingerprint density at radius 3 is 2.64 bits per heavy atom. The standard InChI is InChI=1S/C8H7FN2O2S/c1-11-8(14(9,12)13)6-4-2-3-5-7(6)10-11/h2-5H,1H3. The molecule has 0 saturated heterocycles. The Labute approximate surface area is 80.2 Å². The highest BCUT2D eigenvalue weighted by Crippen LogP contribution is 2.22. The lowest BCUT2D eigenvalue weighted by molar-refractivity contribution is 0.536. The minimum atomic E-state index is -4.72. The number of aryl methyl sites for hydroxylation is 1. The van der Waals surface area contributed by atoms with Crippen LogP contribution in [0.4, 0.5) is 3.89 Å². The molecule has 0 radical (unpaired) electrons. The molecule has 14 heavy (non-hydrogen) atoms. The molecule has 0 fully saturated rings. The monoisotopic (exact) mass is 214 g/mol. The first-order chi connectivity index (χ1) is 6.50. The van der Waals surface area contributed by atoms with Gasteiger partial charge in [-0.3, -0.25) is 4.68 Å². The molecular weight excluding hydrogens is 207 g/mol. The maximum atomic E-state index is 12.9. The Hall–Kier alpha value is -1.43. The van der Waals surface area contributed by atoms with Crippen LogP contribution in [0.15, 0.2) is 29.3 Å². The zero-order valence-electron chi connectivity index (χ0n) is 7.31. The Balaban J connectivity index is 2.95. The maximum absolute atomic E-state index is 12.9. The van der Waals surface area contributed by atoms with E-state index in [1.165, 1.54) is 13.1 Å². The predicted octanol–water partition coefficient (Wildman–Crippen LogP) is 1.23. The molecule has 0 aliphatic carbocycles. The second-order valence-corrected chi connectivity index (χ2v) is 4.15. The van der Waals surface area contributed by atoms with Gasteiger partial charge in [0.15, 0.2) is 5.03 Å². The van der Waals surface area contributed by atoms with Crippen LogP contribution in [0.5, 0.6) is 0 Å². The van der Waals surface area contributed by atoms with Gasteiger partial charge in [-0.05, 0) is 12.1 Å². The third-order valence-corrected chi connectivity index (χ3v) is 2.86. The number of rotatable bonds is 1. The van der Waals surface area contributed by atoms with Crippen molar-refractivity contribution >= 4 is 21.1 Å². The molecule has 0 unspecified atom stereocenters. The molecular formula is C8H7FN2O2S. The lowest BCUT2D eigenvalue weighted by atomic mass is 10.3. The molecule has 1 aromatic carbocycles. The fourth-order valence-electron chi connectivity index (χ4n) is 1.41. The van der Waals surface area contributed by atoms with E-state index >= 15 is 0 Å². The molecule has 0 saturated carbocycles. The number of nitrogens with zero attached hydrogens (tertiary/aromatic N) is 2. The molecule has 0 spiro atoms. The lowest BCUT2D eigenvalue weighted by Gasteiger charge is -1.94. The summed E-state index contributed by atoms with van der Waals surface area (Å²) >= 11 is 0. The topological polar surface area (TPSA) is 52.0 Å². The van der Waals surface area contributed by atoms with Crippen LogP contribution in [0.2, 0.25) is 0 Å². The van der Waals surface area contributed by atoms with Crippen molar-refractivity contribution in [2.75, 3.05) is 0 Å². The average Bonchev–Trinajstić information content (AvgIpc) is 2.38. The summed E-state index contributed by atoms with van der Waals surface area (Å²) in [5.41, 5.74) is 0.464. The van der Waals surface area contributed by atoms with Gasteiger partial charge in [-0.15, -0.1) is 0 Å². The van der Waals surface area contributed by atoms with Gasteiger partial charge in [-0.2, -0.15) is 13.5 Å². The van der Waals surface area contributed by atoms with E-state index in [0.717, 1.165) is 4.68 Å². The predicted molar refractivity (Wildman–Crippen MR) is 49.0 cm³/mol. The smallest absolute Gasteiger partial charge is 0.254 e. The Bertz CT molecular complexity index is 588. The molecule has 0 atom stereocenters. The minimum absolute atomic E-state index is 0.303. The van der Waals surface area contributed by atoms with Crippen LogP contribution in [0.1, 0.15) is 0 Å². The molecule has 6 heteroatoms. The summed E-state index contributed by atoms with van der Waals surface area (Å²) in [6, 6.07) is 6.50. The van der Waals surface area contributed by atoms with Crippen molar-refractivity contribution in [3.63, 3.8) is 0 Å². The zero-order chi connectivity index (χ0) is 10.3. The molecule has 0 N–H and O–H groups in total. The van der Waals surface area contributed by atoms with Gasteiger partial charge in [0.25, 0.3) is 0 Å². The molecule has 2 rings (SSSR count). The SMILES string of the molecule is Cn1nc2ccccc2c1S(=O)(=O)F. The molecule has 0 amide bonds.